The summed E-state index contributed by atoms with van der Waals surface area (Å²) in [7, 11) is 0. The van der Waals surface area contributed by atoms with Gasteiger partial charge in [-0.3, -0.25) is 14.6 Å². The number of nitrogens with zero attached hydrogens (tertiary/aromatic N) is 3. The molecule has 4 heterocycles. The van der Waals surface area contributed by atoms with Gasteiger partial charge in [-0.15, -0.1) is 0 Å². The number of hydrogen-bond acceptors (Lipinski definition) is 5. The SMILES string of the molecule is O=C(c1ccc(CN2CCCC2)o1)N1CCC(N2CCC[C@@H](O)C2)CC1. The van der Waals surface area contributed by atoms with E-state index in [1.807, 2.05) is 17.0 Å². The highest BCUT2D eigenvalue weighted by atomic mass is 16.4. The average Bonchev–Trinajstić information content (AvgIpc) is 3.34. The smallest absolute Gasteiger partial charge is 0.289 e. The first-order valence-electron chi connectivity index (χ1n) is 10.2. The zero-order chi connectivity index (χ0) is 17.9. The summed E-state index contributed by atoms with van der Waals surface area (Å²) < 4.78 is 5.84. The van der Waals surface area contributed by atoms with Gasteiger partial charge in [-0.25, -0.2) is 0 Å². The second-order valence-electron chi connectivity index (χ2n) is 8.06. The molecule has 4 rings (SSSR count). The quantitative estimate of drug-likeness (QED) is 0.888. The molecule has 0 aromatic carbocycles. The normalized spacial score (nSPS) is 26.5. The van der Waals surface area contributed by atoms with Crippen LogP contribution in [0.15, 0.2) is 16.5 Å². The van der Waals surface area contributed by atoms with Gasteiger partial charge in [0, 0.05) is 25.7 Å². The minimum Gasteiger partial charge on any atom is -0.455 e. The van der Waals surface area contributed by atoms with Crippen LogP contribution in [0.25, 0.3) is 0 Å². The number of aliphatic hydroxyl groups excluding tert-OH is 1. The largest absolute Gasteiger partial charge is 0.455 e. The number of rotatable bonds is 4. The summed E-state index contributed by atoms with van der Waals surface area (Å²) >= 11 is 0. The van der Waals surface area contributed by atoms with Gasteiger partial charge in [0.15, 0.2) is 5.76 Å². The second kappa shape index (κ2) is 8.11. The Kier molecular flexibility index (Phi) is 5.62. The number of piperidine rings is 2. The van der Waals surface area contributed by atoms with Crippen LogP contribution in [-0.4, -0.2) is 77.1 Å². The van der Waals surface area contributed by atoms with Gasteiger partial charge in [0.1, 0.15) is 5.76 Å². The Bertz CT molecular complexity index is 603. The molecule has 1 aromatic heterocycles. The van der Waals surface area contributed by atoms with Crippen LogP contribution in [0.1, 0.15) is 54.8 Å². The number of carbonyl (C=O) groups is 1. The minimum absolute atomic E-state index is 0.0230. The maximum atomic E-state index is 12.8. The Morgan fingerprint density at radius 1 is 1.04 bits per heavy atom. The summed E-state index contributed by atoms with van der Waals surface area (Å²) in [5.41, 5.74) is 0. The van der Waals surface area contributed by atoms with Crippen LogP contribution in [0.3, 0.4) is 0 Å². The van der Waals surface area contributed by atoms with Crippen molar-refractivity contribution in [3.05, 3.63) is 23.7 Å². The number of β-amino-alcohol motifs (C(OH)–C–C–N with tert-alkyl or cyclic N) is 1. The van der Waals surface area contributed by atoms with Crippen molar-refractivity contribution in [3.63, 3.8) is 0 Å². The molecule has 26 heavy (non-hydrogen) atoms. The lowest BCUT2D eigenvalue weighted by Gasteiger charge is -2.41. The van der Waals surface area contributed by atoms with E-state index in [0.717, 1.165) is 77.3 Å². The predicted molar refractivity (Wildman–Crippen MR) is 99.0 cm³/mol. The van der Waals surface area contributed by atoms with Crippen LogP contribution in [0.5, 0.6) is 0 Å². The molecule has 3 saturated heterocycles. The fraction of sp³-hybridized carbons (Fsp3) is 0.750. The molecule has 1 N–H and O–H groups in total. The third-order valence-electron chi connectivity index (χ3n) is 6.15. The van der Waals surface area contributed by atoms with Gasteiger partial charge < -0.3 is 14.4 Å². The van der Waals surface area contributed by atoms with Crippen molar-refractivity contribution in [2.24, 2.45) is 0 Å². The molecule has 0 spiro atoms. The van der Waals surface area contributed by atoms with E-state index in [1.165, 1.54) is 12.8 Å². The zero-order valence-corrected chi connectivity index (χ0v) is 15.6. The molecule has 1 atom stereocenters. The monoisotopic (exact) mass is 361 g/mol. The number of aliphatic hydroxyl groups is 1. The van der Waals surface area contributed by atoms with Crippen molar-refractivity contribution in [2.45, 2.75) is 57.2 Å². The van der Waals surface area contributed by atoms with E-state index in [4.69, 9.17) is 4.42 Å². The zero-order valence-electron chi connectivity index (χ0n) is 15.6. The Morgan fingerprint density at radius 3 is 2.54 bits per heavy atom. The van der Waals surface area contributed by atoms with Crippen LogP contribution in [-0.2, 0) is 6.54 Å². The van der Waals surface area contributed by atoms with Crippen molar-refractivity contribution in [1.82, 2.24) is 14.7 Å². The van der Waals surface area contributed by atoms with Crippen LogP contribution >= 0.6 is 0 Å². The molecule has 0 saturated carbocycles. The van der Waals surface area contributed by atoms with E-state index in [9.17, 15) is 9.90 Å². The highest BCUT2D eigenvalue weighted by molar-refractivity contribution is 5.91. The van der Waals surface area contributed by atoms with Crippen molar-refractivity contribution in [3.8, 4) is 0 Å². The van der Waals surface area contributed by atoms with Crippen molar-refractivity contribution < 1.29 is 14.3 Å². The lowest BCUT2D eigenvalue weighted by atomic mass is 9.99. The Balaban J connectivity index is 1.28. The summed E-state index contributed by atoms with van der Waals surface area (Å²) in [4.78, 5) is 19.5. The first-order chi connectivity index (χ1) is 12.7. The molecule has 3 aliphatic rings. The van der Waals surface area contributed by atoms with Gasteiger partial charge >= 0.3 is 0 Å². The lowest BCUT2D eigenvalue weighted by Crippen LogP contribution is -2.50. The van der Waals surface area contributed by atoms with E-state index in [2.05, 4.69) is 9.80 Å². The van der Waals surface area contributed by atoms with E-state index in [-0.39, 0.29) is 12.0 Å². The van der Waals surface area contributed by atoms with Crippen molar-refractivity contribution in [2.75, 3.05) is 39.3 Å². The fourth-order valence-electron chi connectivity index (χ4n) is 4.64. The third kappa shape index (κ3) is 4.13. The van der Waals surface area contributed by atoms with Gasteiger partial charge in [-0.05, 0) is 70.3 Å². The number of likely N-dealkylation sites (tertiary alicyclic amines) is 3. The van der Waals surface area contributed by atoms with Crippen LogP contribution in [0.4, 0.5) is 0 Å². The van der Waals surface area contributed by atoms with Crippen LogP contribution in [0, 0.1) is 0 Å². The molecule has 3 fully saturated rings. The molecule has 0 bridgehead atoms. The molecule has 3 aliphatic heterocycles. The van der Waals surface area contributed by atoms with E-state index in [0.29, 0.717) is 11.8 Å². The van der Waals surface area contributed by atoms with Crippen molar-refractivity contribution in [1.29, 1.82) is 0 Å². The average molecular weight is 361 g/mol. The summed E-state index contributed by atoms with van der Waals surface area (Å²) in [5.74, 6) is 1.40. The topological polar surface area (TPSA) is 60.2 Å². The molecule has 6 heteroatoms. The second-order valence-corrected chi connectivity index (χ2v) is 8.06. The highest BCUT2D eigenvalue weighted by Crippen LogP contribution is 2.23. The Morgan fingerprint density at radius 2 is 1.81 bits per heavy atom. The number of furan rings is 1. The van der Waals surface area contributed by atoms with Gasteiger partial charge in [0.25, 0.3) is 5.91 Å². The van der Waals surface area contributed by atoms with E-state index in [1.54, 1.807) is 0 Å². The molecule has 0 unspecified atom stereocenters. The van der Waals surface area contributed by atoms with Gasteiger partial charge in [-0.2, -0.15) is 0 Å². The number of amides is 1. The van der Waals surface area contributed by atoms with Gasteiger partial charge in [0.2, 0.25) is 0 Å². The molecule has 1 aromatic rings. The number of hydrogen-bond donors (Lipinski definition) is 1. The summed E-state index contributed by atoms with van der Waals surface area (Å²) in [6.45, 7) is 6.49. The van der Waals surface area contributed by atoms with Crippen molar-refractivity contribution >= 4 is 5.91 Å². The van der Waals surface area contributed by atoms with E-state index < -0.39 is 0 Å². The molecule has 0 radical (unpaired) electrons. The van der Waals surface area contributed by atoms with Crippen LogP contribution in [0.2, 0.25) is 0 Å². The molecular weight excluding hydrogens is 330 g/mol. The van der Waals surface area contributed by atoms with Gasteiger partial charge in [-0.1, -0.05) is 0 Å². The molecule has 6 nitrogen and oxygen atoms in total. The predicted octanol–water partition coefficient (Wildman–Crippen LogP) is 1.94. The Labute approximate surface area is 155 Å². The number of carbonyl (C=O) groups excluding carboxylic acids is 1. The first-order valence-corrected chi connectivity index (χ1v) is 10.2. The third-order valence-corrected chi connectivity index (χ3v) is 6.15. The minimum atomic E-state index is -0.180. The summed E-state index contributed by atoms with van der Waals surface area (Å²) in [6.07, 6.45) is 6.31. The maximum Gasteiger partial charge on any atom is 0.289 e. The molecule has 144 valence electrons. The standard InChI is InChI=1S/C20H31N3O3/c24-17-4-3-11-23(14-17)16-7-12-22(13-8-16)20(25)19-6-5-18(26-19)15-21-9-1-2-10-21/h5-6,16-17,24H,1-4,7-15H2/t17-/m1/s1. The first kappa shape index (κ1) is 18.0. The summed E-state index contributed by atoms with van der Waals surface area (Å²) in [6, 6.07) is 4.28. The van der Waals surface area contributed by atoms with Crippen LogP contribution < -0.4 is 0 Å². The van der Waals surface area contributed by atoms with Gasteiger partial charge in [0.05, 0.1) is 12.6 Å². The fourth-order valence-corrected chi connectivity index (χ4v) is 4.64. The lowest BCUT2D eigenvalue weighted by molar-refractivity contribution is 0.0233. The highest BCUT2D eigenvalue weighted by Gasteiger charge is 2.30. The molecule has 1 amide bonds. The molecular formula is C20H31N3O3. The Hall–Kier alpha value is -1.37. The van der Waals surface area contributed by atoms with E-state index >= 15 is 0 Å². The summed E-state index contributed by atoms with van der Waals surface area (Å²) in [5, 5.41) is 9.88. The molecule has 0 aliphatic carbocycles. The maximum absolute atomic E-state index is 12.8.